The number of carbonyl (C=O) groups is 5. The fourth-order valence-corrected chi connectivity index (χ4v) is 20.2. The van der Waals surface area contributed by atoms with Crippen molar-refractivity contribution in [3.05, 3.63) is 240 Å². The van der Waals surface area contributed by atoms with Crippen molar-refractivity contribution in [3.8, 4) is 0 Å². The van der Waals surface area contributed by atoms with E-state index >= 15 is 0 Å². The minimum atomic E-state index is -6.61. The van der Waals surface area contributed by atoms with Crippen LogP contribution >= 0.6 is 62.6 Å². The number of ether oxygens (including phenoxy) is 9. The molecule has 4 aliphatic heterocycles. The zero-order valence-corrected chi connectivity index (χ0v) is 76.9. The normalized spacial score (nSPS) is 22.7. The third-order valence-electron chi connectivity index (χ3n) is 19.5. The van der Waals surface area contributed by atoms with E-state index in [1.165, 1.54) is 97.2 Å². The number of amides is 6. The number of fused-ring (bicyclic) bond motifs is 3. The number of thioether (sulfide) groups is 2. The molecule has 50 nitrogen and oxygen atoms in total. The van der Waals surface area contributed by atoms with E-state index in [1.807, 2.05) is 41.4 Å². The number of imidazole rings is 2. The van der Waals surface area contributed by atoms with Crippen LogP contribution in [-0.2, 0) is 98.4 Å². The van der Waals surface area contributed by atoms with Gasteiger partial charge in [-0.15, -0.1) is 0 Å². The third-order valence-corrected chi connectivity index (χ3v) is 27.4. The highest BCUT2D eigenvalue weighted by Gasteiger charge is 2.57. The Morgan fingerprint density at radius 2 is 0.906 bits per heavy atom. The molecule has 0 bridgehead atoms. The Morgan fingerprint density at radius 1 is 0.478 bits per heavy atom. The summed E-state index contributed by atoms with van der Waals surface area (Å²) in [5.41, 5.74) is 0.545. The van der Waals surface area contributed by atoms with Crippen molar-refractivity contribution in [3.63, 3.8) is 0 Å². The van der Waals surface area contributed by atoms with Gasteiger partial charge in [-0.1, -0.05) is 133 Å². The van der Waals surface area contributed by atoms with Crippen LogP contribution in [0.25, 0.3) is 22.3 Å². The highest BCUT2D eigenvalue weighted by atomic mass is 32.2. The van der Waals surface area contributed by atoms with Gasteiger partial charge in [-0.2, -0.15) is 37.9 Å². The summed E-state index contributed by atoms with van der Waals surface area (Å²) in [7, 11) is -30.7. The van der Waals surface area contributed by atoms with Gasteiger partial charge in [0.25, 0.3) is 13.4 Å². The van der Waals surface area contributed by atoms with Crippen molar-refractivity contribution in [2.45, 2.75) is 104 Å². The van der Waals surface area contributed by atoms with Gasteiger partial charge in [-0.05, 0) is 72.5 Å². The number of H-pyrrole nitrogens is 1. The zero-order chi connectivity index (χ0) is 98.1. The van der Waals surface area contributed by atoms with E-state index in [2.05, 4.69) is 84.6 Å². The second-order valence-electron chi connectivity index (χ2n) is 29.3. The molecule has 4 fully saturated rings. The number of phosphoric acid groups is 5. The van der Waals surface area contributed by atoms with Crippen LogP contribution in [0.4, 0.5) is 77.2 Å². The molecule has 11 aromatic rings. The quantitative estimate of drug-likeness (QED) is 0.00565. The molecule has 18 atom stereocenters. The topological polar surface area (TPSA) is 660 Å². The summed E-state index contributed by atoms with van der Waals surface area (Å²) in [5.74, 6) is 0.168. The summed E-state index contributed by atoms with van der Waals surface area (Å²) in [6.07, 6.45) is -23.3. The summed E-state index contributed by atoms with van der Waals surface area (Å²) in [6, 6.07) is 49.2. The number of hydrogen-bond acceptors (Lipinski definition) is 37. The summed E-state index contributed by atoms with van der Waals surface area (Å²) in [4.78, 5) is 184. The van der Waals surface area contributed by atoms with Crippen LogP contribution in [0.3, 0.4) is 0 Å². The molecule has 4 saturated heterocycles. The van der Waals surface area contributed by atoms with Crippen LogP contribution in [-0.4, -0.2) is 215 Å². The summed E-state index contributed by atoms with van der Waals surface area (Å²) < 4.78 is 189. The van der Waals surface area contributed by atoms with Gasteiger partial charge in [0.1, 0.15) is 36.8 Å². The maximum atomic E-state index is 13.8. The Labute approximate surface area is 783 Å². The highest BCUT2D eigenvalue weighted by molar-refractivity contribution is 7.99. The van der Waals surface area contributed by atoms with Crippen molar-refractivity contribution in [1.29, 1.82) is 0 Å². The number of alkyl halides is 3. The number of urea groups is 1. The number of hydrogen-bond donors (Lipinski definition) is 13. The van der Waals surface area contributed by atoms with Crippen LogP contribution in [0.5, 0.6) is 0 Å². The van der Waals surface area contributed by atoms with Crippen molar-refractivity contribution in [1.82, 2.24) is 48.6 Å². The highest BCUT2D eigenvalue weighted by Crippen LogP contribution is 2.72. The first-order valence-corrected chi connectivity index (χ1v) is 50.3. The van der Waals surface area contributed by atoms with Crippen LogP contribution in [0.15, 0.2) is 228 Å². The molecule has 0 aliphatic carbocycles. The Kier molecular flexibility index (Phi) is 33.6. The van der Waals surface area contributed by atoms with Gasteiger partial charge in [-0.3, -0.25) is 63.7 Å². The summed E-state index contributed by atoms with van der Waals surface area (Å²) in [6.45, 7) is -3.02. The number of halogens is 3. The second kappa shape index (κ2) is 45.4. The number of nitrogens with zero attached hydrogens (tertiary/aromatic N) is 9. The first-order chi connectivity index (χ1) is 65.8. The summed E-state index contributed by atoms with van der Waals surface area (Å²) >= 11 is 2.05. The van der Waals surface area contributed by atoms with Crippen LogP contribution in [0, 0.1) is 0 Å². The molecule has 5 aromatic heterocycles. The van der Waals surface area contributed by atoms with E-state index in [9.17, 15) is 94.0 Å². The predicted octanol–water partition coefficient (Wildman–Crippen LogP) is 11.1. The number of aromatic amines is 1. The van der Waals surface area contributed by atoms with Gasteiger partial charge < -0.3 is 87.1 Å². The molecule has 0 spiro atoms. The average molecular weight is 2060 g/mol. The Bertz CT molecular complexity index is 6480. The van der Waals surface area contributed by atoms with Crippen LogP contribution < -0.4 is 53.4 Å². The molecule has 4 aliphatic rings. The first kappa shape index (κ1) is 102. The number of aromatic nitrogens is 10. The number of anilines is 7. The number of nitrogens with one attached hydrogen (secondary N) is 8. The molecular formula is C78H80F3N17O33P5S2-. The molecule has 138 heavy (non-hydrogen) atoms. The SMILES string of the molecule is CSCCNc1nc(SCCC(F)(F)F)nc2c1ncn2[C@@H]1O[C@H](COP(=O)(O)OP(=O)(O)OP(=O)(O)OP(=O)(O)OC[C@H]2O[C@@H](n3ccc(=O)[nH]c3=O)[C@H](OC(=O)Nc3ccccc3)[C@@H]2OC(=O)Nc2ccccc2)[C@@H](OC(=O)Nc2ccccc2)[C@H]1OC(=O)Nc1ccccc1.O=C(Nc1ccccc1)Nc1ncnc2c1ncn2[C@@H]1O[C@H](COP(=O)([O-])O)C2OC(Cc3ccccc3)O[C@@H]21. The Morgan fingerprint density at radius 3 is 1.38 bits per heavy atom. The number of rotatable bonds is 37. The number of benzene rings is 6. The van der Waals surface area contributed by atoms with Crippen LogP contribution in [0.1, 0.15) is 30.7 Å². The molecule has 15 rings (SSSR count). The molecule has 6 aromatic carbocycles. The molecule has 0 saturated carbocycles. The Balaban J connectivity index is 0.000000313. The predicted molar refractivity (Wildman–Crippen MR) is 476 cm³/mol. The van der Waals surface area contributed by atoms with Gasteiger partial charge in [-0.25, -0.2) is 76.9 Å². The smallest absolute Gasteiger partial charge is 0.490 e. The zero-order valence-electron chi connectivity index (χ0n) is 70.7. The second-order valence-corrected chi connectivity index (χ2v) is 38.7. The van der Waals surface area contributed by atoms with E-state index in [0.29, 0.717) is 45.4 Å². The molecular weight excluding hydrogens is 1980 g/mol. The fraction of sp³-hybridized carbons (Fsp3) is 0.295. The summed E-state index contributed by atoms with van der Waals surface area (Å²) in [5, 5.41) is 17.9. The van der Waals surface area contributed by atoms with E-state index in [4.69, 9.17) is 56.6 Å². The van der Waals surface area contributed by atoms with Crippen molar-refractivity contribution in [2.24, 2.45) is 0 Å². The van der Waals surface area contributed by atoms with Gasteiger partial charge in [0.2, 0.25) is 0 Å². The molecule has 7 unspecified atom stereocenters. The molecule has 6 amide bonds. The molecule has 9 heterocycles. The third kappa shape index (κ3) is 28.5. The lowest BCUT2D eigenvalue weighted by Crippen LogP contribution is -2.44. The molecule has 60 heteroatoms. The number of para-hydroxylation sites is 5. The largest absolute Gasteiger partial charge is 0.756 e. The van der Waals surface area contributed by atoms with Gasteiger partial charge in [0, 0.05) is 65.2 Å². The van der Waals surface area contributed by atoms with Gasteiger partial charge >= 0.3 is 73.6 Å². The molecule has 734 valence electrons. The van der Waals surface area contributed by atoms with E-state index in [1.54, 1.807) is 83.6 Å². The lowest BCUT2D eigenvalue weighted by Gasteiger charge is -2.25. The van der Waals surface area contributed by atoms with Gasteiger partial charge in [0.15, 0.2) is 88.5 Å². The number of phosphoric ester groups is 3. The molecule has 0 radical (unpaired) electrons. The minimum Gasteiger partial charge on any atom is -0.756 e. The van der Waals surface area contributed by atoms with E-state index in [0.717, 1.165) is 28.7 Å². The van der Waals surface area contributed by atoms with Crippen molar-refractivity contribution >= 4 is 155 Å². The fourth-order valence-electron chi connectivity index (χ4n) is 13.8. The first-order valence-electron chi connectivity index (χ1n) is 40.5. The van der Waals surface area contributed by atoms with Gasteiger partial charge in [0.05, 0.1) is 38.9 Å². The Hall–Kier alpha value is -11.8. The van der Waals surface area contributed by atoms with Crippen LogP contribution in [0.2, 0.25) is 0 Å². The standard InChI is InChI=1S/C53H56F3N11O25P4S2.C25H25N6O8P/c1-97-27-24-57-43-38-44(65-47(64-43)98-26-23-53(54,55)56)67(30-58-38)46-42(89-52(73)62-34-20-12-5-13-21-34)40(87-50(71)60-32-16-8-3-9-17-32)36(85-46)29-83-94(76,77)91-96(80,81)92-95(78,79)90-93(74,75)82-28-35-39(86-49(70)59-31-14-6-2-7-15-31)41(88-51(72)61-33-18-10-4-11-19-33)45(84-35)66-25-22-37(68)63-48(66)69;32-25(29-16-9-5-2-6-10-16)30-22-19-23(27-13-26-22)31(14-28-19)24-21-20(17(37-24)12-36-40(33,34)35)38-18(39-21)11-15-7-3-1-4-8-15/h2-22,25,30,35-36,39-42,45-46H,23-24,26-29H2,1H3,(H,59,70)(H,60,71)(H,61,72)(H,62,73)(H,74,75)(H,76,77)(H,78,79)(H,80,81)(H,57,64,65)(H,63,68,69);1-10,13-14,17-18,20-21,24H,11-12H2,(H2,33,34,35)(H2,26,27,29,30,32)/p-1/t35-,36-,39-,40-,41-,42-,45-,46-;17-,18?,20?,21+,24-/m11/s1. The lowest BCUT2D eigenvalue weighted by atomic mass is 10.1. The minimum absolute atomic E-state index is 0.0173. The lowest BCUT2D eigenvalue weighted by molar-refractivity contribution is -0.224. The molecule has 13 N–H and O–H groups in total. The maximum Gasteiger partial charge on any atom is 0.490 e. The van der Waals surface area contributed by atoms with E-state index in [-0.39, 0.29) is 57.3 Å². The monoisotopic (exact) mass is 2060 g/mol. The van der Waals surface area contributed by atoms with Crippen molar-refractivity contribution < 1.29 is 158 Å². The number of carbonyl (C=O) groups excluding carboxylic acids is 5. The van der Waals surface area contributed by atoms with Crippen molar-refractivity contribution in [2.75, 3.05) is 81.3 Å². The van der Waals surface area contributed by atoms with E-state index < -0.39 is 199 Å². The average Bonchev–Trinajstić information content (AvgIpc) is 1.60. The maximum absolute atomic E-state index is 13.8.